The minimum Gasteiger partial charge on any atom is -0.204 e. The predicted molar refractivity (Wildman–Crippen MR) is 44.1 cm³/mol. The molecule has 5 heteroatoms. The van der Waals surface area contributed by atoms with Crippen LogP contribution in [0.2, 0.25) is 10.0 Å². The SMILES string of the molecule is Fc1cc(Cl)c(Cl)c(Br)c1F. The Morgan fingerprint density at radius 3 is 2.36 bits per heavy atom. The largest absolute Gasteiger partial charge is 0.204 e. The molecular formula is C6HBrCl2F2. The Balaban J connectivity index is 3.46. The first-order chi connectivity index (χ1) is 5.04. The average molecular weight is 262 g/mol. The molecule has 0 aliphatic carbocycles. The van der Waals surface area contributed by atoms with Crippen LogP contribution < -0.4 is 0 Å². The third-order valence-corrected chi connectivity index (χ3v) is 2.82. The lowest BCUT2D eigenvalue weighted by Gasteiger charge is -2.00. The molecule has 0 bridgehead atoms. The Morgan fingerprint density at radius 1 is 1.27 bits per heavy atom. The smallest absolute Gasteiger partial charge is 0.174 e. The fourth-order valence-electron chi connectivity index (χ4n) is 0.544. The van der Waals surface area contributed by atoms with E-state index in [2.05, 4.69) is 15.9 Å². The molecule has 0 aromatic heterocycles. The van der Waals surface area contributed by atoms with E-state index in [1.54, 1.807) is 0 Å². The Bertz CT molecular complexity index is 275. The molecule has 0 fully saturated rings. The van der Waals surface area contributed by atoms with E-state index in [1.807, 2.05) is 0 Å². The Hall–Kier alpha value is 0.140. The maximum atomic E-state index is 12.6. The summed E-state index contributed by atoms with van der Waals surface area (Å²) in [7, 11) is 0. The van der Waals surface area contributed by atoms with Crippen LogP contribution in [0.1, 0.15) is 0 Å². The molecule has 0 unspecified atom stereocenters. The highest BCUT2D eigenvalue weighted by molar-refractivity contribution is 9.10. The molecule has 0 N–H and O–H groups in total. The van der Waals surface area contributed by atoms with Gasteiger partial charge in [-0.3, -0.25) is 0 Å². The van der Waals surface area contributed by atoms with Gasteiger partial charge < -0.3 is 0 Å². The second-order valence-electron chi connectivity index (χ2n) is 1.78. The van der Waals surface area contributed by atoms with Gasteiger partial charge in [-0.15, -0.1) is 0 Å². The third kappa shape index (κ3) is 1.66. The second-order valence-corrected chi connectivity index (χ2v) is 3.36. The highest BCUT2D eigenvalue weighted by Gasteiger charge is 2.13. The minimum atomic E-state index is -1.03. The predicted octanol–water partition coefficient (Wildman–Crippen LogP) is 4.03. The lowest BCUT2D eigenvalue weighted by atomic mass is 10.3. The van der Waals surface area contributed by atoms with E-state index in [-0.39, 0.29) is 14.5 Å². The molecule has 0 radical (unpaired) electrons. The molecule has 0 spiro atoms. The Kier molecular flexibility index (Phi) is 2.73. The molecule has 1 rings (SSSR count). The van der Waals surface area contributed by atoms with Crippen LogP contribution in [0.25, 0.3) is 0 Å². The summed E-state index contributed by atoms with van der Waals surface area (Å²) in [6, 6.07) is 0.823. The van der Waals surface area contributed by atoms with Crippen molar-refractivity contribution in [3.8, 4) is 0 Å². The second kappa shape index (κ2) is 3.25. The van der Waals surface area contributed by atoms with Crippen molar-refractivity contribution in [1.82, 2.24) is 0 Å². The zero-order valence-corrected chi connectivity index (χ0v) is 8.07. The van der Waals surface area contributed by atoms with E-state index in [0.29, 0.717) is 0 Å². The quantitative estimate of drug-likeness (QED) is 0.489. The lowest BCUT2D eigenvalue weighted by Crippen LogP contribution is -1.86. The van der Waals surface area contributed by atoms with Gasteiger partial charge in [0.2, 0.25) is 0 Å². The summed E-state index contributed by atoms with van der Waals surface area (Å²) < 4.78 is 24.9. The number of hydrogen-bond acceptors (Lipinski definition) is 0. The molecular weight excluding hydrogens is 261 g/mol. The van der Waals surface area contributed by atoms with Gasteiger partial charge in [-0.1, -0.05) is 23.2 Å². The highest BCUT2D eigenvalue weighted by Crippen LogP contribution is 2.33. The van der Waals surface area contributed by atoms with E-state index in [4.69, 9.17) is 23.2 Å². The highest BCUT2D eigenvalue weighted by atomic mass is 79.9. The van der Waals surface area contributed by atoms with Crippen LogP contribution in [0, 0.1) is 11.6 Å². The van der Waals surface area contributed by atoms with E-state index in [1.165, 1.54) is 0 Å². The van der Waals surface area contributed by atoms with E-state index >= 15 is 0 Å². The maximum Gasteiger partial charge on any atom is 0.174 e. The molecule has 11 heavy (non-hydrogen) atoms. The lowest BCUT2D eigenvalue weighted by molar-refractivity contribution is 0.504. The topological polar surface area (TPSA) is 0 Å². The van der Waals surface area contributed by atoms with Crippen LogP contribution in [0.3, 0.4) is 0 Å². The van der Waals surface area contributed by atoms with Gasteiger partial charge in [0.05, 0.1) is 14.5 Å². The van der Waals surface area contributed by atoms with E-state index in [9.17, 15) is 8.78 Å². The normalized spacial score (nSPS) is 10.3. The molecule has 0 aliphatic heterocycles. The summed E-state index contributed by atoms with van der Waals surface area (Å²) in [5.74, 6) is -2.05. The molecule has 0 heterocycles. The summed E-state index contributed by atoms with van der Waals surface area (Å²) in [4.78, 5) is 0. The molecule has 0 atom stereocenters. The van der Waals surface area contributed by atoms with Crippen molar-refractivity contribution in [1.29, 1.82) is 0 Å². The fraction of sp³-hybridized carbons (Fsp3) is 0. The van der Waals surface area contributed by atoms with Gasteiger partial charge in [-0.25, -0.2) is 8.78 Å². The van der Waals surface area contributed by atoms with Gasteiger partial charge in [0.25, 0.3) is 0 Å². The number of rotatable bonds is 0. The van der Waals surface area contributed by atoms with Crippen molar-refractivity contribution in [3.05, 3.63) is 32.2 Å². The van der Waals surface area contributed by atoms with Crippen molar-refractivity contribution >= 4 is 39.1 Å². The van der Waals surface area contributed by atoms with Gasteiger partial charge in [0, 0.05) is 0 Å². The summed E-state index contributed by atoms with van der Waals surface area (Å²) >= 11 is 13.6. The first-order valence-corrected chi connectivity index (χ1v) is 4.07. The molecule has 0 nitrogen and oxygen atoms in total. The fourth-order valence-corrected chi connectivity index (χ4v) is 1.39. The summed E-state index contributed by atoms with van der Waals surface area (Å²) in [6.07, 6.45) is 0. The first-order valence-electron chi connectivity index (χ1n) is 2.52. The summed E-state index contributed by atoms with van der Waals surface area (Å²) in [5.41, 5.74) is 0. The zero-order chi connectivity index (χ0) is 8.59. The minimum absolute atomic E-state index is 0.0163. The summed E-state index contributed by atoms with van der Waals surface area (Å²) in [6.45, 7) is 0. The average Bonchev–Trinajstić information content (AvgIpc) is 1.97. The van der Waals surface area contributed by atoms with Crippen molar-refractivity contribution in [2.75, 3.05) is 0 Å². The summed E-state index contributed by atoms with van der Waals surface area (Å²) in [5, 5.41) is -0.0389. The van der Waals surface area contributed by atoms with Gasteiger partial charge in [0.15, 0.2) is 11.6 Å². The van der Waals surface area contributed by atoms with Gasteiger partial charge in [0.1, 0.15) is 0 Å². The van der Waals surface area contributed by atoms with Crippen molar-refractivity contribution in [3.63, 3.8) is 0 Å². The molecule has 1 aromatic rings. The molecule has 0 amide bonds. The van der Waals surface area contributed by atoms with Crippen LogP contribution in [0.15, 0.2) is 10.5 Å². The number of hydrogen-bond donors (Lipinski definition) is 0. The first kappa shape index (κ1) is 9.23. The number of halogens is 5. The molecule has 60 valence electrons. The Morgan fingerprint density at radius 2 is 1.82 bits per heavy atom. The van der Waals surface area contributed by atoms with Crippen molar-refractivity contribution in [2.45, 2.75) is 0 Å². The van der Waals surface area contributed by atoms with E-state index in [0.717, 1.165) is 6.07 Å². The van der Waals surface area contributed by atoms with Crippen LogP contribution in [0.4, 0.5) is 8.78 Å². The molecule has 1 aromatic carbocycles. The standard InChI is InChI=1S/C6HBrCl2F2/c7-4-5(9)2(8)1-3(10)6(4)11/h1H. The van der Waals surface area contributed by atoms with Crippen LogP contribution in [0.5, 0.6) is 0 Å². The van der Waals surface area contributed by atoms with E-state index < -0.39 is 11.6 Å². The number of benzene rings is 1. The third-order valence-electron chi connectivity index (χ3n) is 1.06. The monoisotopic (exact) mass is 260 g/mol. The van der Waals surface area contributed by atoms with Gasteiger partial charge >= 0.3 is 0 Å². The zero-order valence-electron chi connectivity index (χ0n) is 4.97. The van der Waals surface area contributed by atoms with Gasteiger partial charge in [-0.2, -0.15) is 0 Å². The molecule has 0 saturated heterocycles. The van der Waals surface area contributed by atoms with Crippen LogP contribution in [-0.2, 0) is 0 Å². The van der Waals surface area contributed by atoms with Crippen molar-refractivity contribution in [2.24, 2.45) is 0 Å². The molecule has 0 aliphatic rings. The molecule has 0 saturated carbocycles. The van der Waals surface area contributed by atoms with Crippen LogP contribution in [-0.4, -0.2) is 0 Å². The van der Waals surface area contributed by atoms with Crippen LogP contribution >= 0.6 is 39.1 Å². The Labute approximate surface area is 80.2 Å². The van der Waals surface area contributed by atoms with Crippen molar-refractivity contribution < 1.29 is 8.78 Å². The van der Waals surface area contributed by atoms with Gasteiger partial charge in [-0.05, 0) is 22.0 Å². The maximum absolute atomic E-state index is 12.6.